The smallest absolute Gasteiger partial charge is 0.0750 e. The van der Waals surface area contributed by atoms with Gasteiger partial charge < -0.3 is 0 Å². The van der Waals surface area contributed by atoms with E-state index in [1.807, 2.05) is 6.92 Å². The third-order valence-electron chi connectivity index (χ3n) is 2.07. The molecule has 1 aliphatic rings. The van der Waals surface area contributed by atoms with E-state index in [0.717, 1.165) is 5.71 Å². The Balaban J connectivity index is 2.63. The van der Waals surface area contributed by atoms with Gasteiger partial charge in [-0.3, -0.25) is 0 Å². The molecule has 0 saturated carbocycles. The van der Waals surface area contributed by atoms with Crippen molar-refractivity contribution in [2.75, 3.05) is 6.54 Å². The van der Waals surface area contributed by atoms with E-state index in [1.54, 1.807) is 0 Å². The molecule has 1 unspecified atom stereocenters. The molecule has 0 N–H and O–H groups in total. The van der Waals surface area contributed by atoms with Gasteiger partial charge in [0, 0.05) is 11.6 Å². The zero-order valence-corrected chi connectivity index (χ0v) is 7.11. The molecule has 0 radical (unpaired) electrons. The number of nitrogens with zero attached hydrogens (tertiary/aromatic N) is 3. The molecule has 0 aromatic rings. The van der Waals surface area contributed by atoms with E-state index in [0.29, 0.717) is 18.4 Å². The Labute approximate surface area is 66.2 Å². The van der Waals surface area contributed by atoms with Crippen molar-refractivity contribution in [3.05, 3.63) is 4.91 Å². The molecule has 4 heteroatoms. The van der Waals surface area contributed by atoms with E-state index >= 15 is 0 Å². The highest BCUT2D eigenvalue weighted by molar-refractivity contribution is 5.85. The average Bonchev–Trinajstić information content (AvgIpc) is 2.30. The number of nitroso groups, excluding NO2 is 1. The van der Waals surface area contributed by atoms with Crippen molar-refractivity contribution in [2.45, 2.75) is 20.8 Å². The number of rotatable bonds is 2. The van der Waals surface area contributed by atoms with Crippen LogP contribution in [0, 0.1) is 16.7 Å². The highest BCUT2D eigenvalue weighted by Crippen LogP contribution is 2.20. The van der Waals surface area contributed by atoms with Crippen LogP contribution in [-0.2, 0) is 0 Å². The van der Waals surface area contributed by atoms with Crippen LogP contribution in [0.4, 0.5) is 0 Å². The fourth-order valence-corrected chi connectivity index (χ4v) is 1.35. The lowest BCUT2D eigenvalue weighted by Crippen LogP contribution is -2.20. The lowest BCUT2D eigenvalue weighted by Gasteiger charge is -2.12. The lowest BCUT2D eigenvalue weighted by atomic mass is 9.93. The van der Waals surface area contributed by atoms with E-state index in [2.05, 4.69) is 24.2 Å². The summed E-state index contributed by atoms with van der Waals surface area (Å²) in [5.41, 5.74) is 1.01. The van der Waals surface area contributed by atoms with Gasteiger partial charge in [0.15, 0.2) is 0 Å². The molecule has 4 nitrogen and oxygen atoms in total. The summed E-state index contributed by atoms with van der Waals surface area (Å²) in [5, 5.41) is 7.97. The van der Waals surface area contributed by atoms with Gasteiger partial charge >= 0.3 is 0 Å². The minimum atomic E-state index is 0.396. The minimum absolute atomic E-state index is 0.396. The van der Waals surface area contributed by atoms with E-state index in [4.69, 9.17) is 0 Å². The van der Waals surface area contributed by atoms with Crippen molar-refractivity contribution < 1.29 is 0 Å². The van der Waals surface area contributed by atoms with Gasteiger partial charge in [-0.25, -0.2) is 0 Å². The van der Waals surface area contributed by atoms with Gasteiger partial charge in [-0.1, -0.05) is 13.8 Å². The largest absolute Gasteiger partial charge is 0.162 e. The summed E-state index contributed by atoms with van der Waals surface area (Å²) in [6.45, 7) is 6.83. The van der Waals surface area contributed by atoms with Crippen LogP contribution < -0.4 is 0 Å². The third-order valence-corrected chi connectivity index (χ3v) is 2.07. The first kappa shape index (κ1) is 8.17. The lowest BCUT2D eigenvalue weighted by molar-refractivity contribution is 0.286. The molecule has 0 spiro atoms. The number of hydrogen-bond donors (Lipinski definition) is 0. The molecule has 0 amide bonds. The predicted molar refractivity (Wildman–Crippen MR) is 43.9 cm³/mol. The average molecular weight is 155 g/mol. The molecular weight excluding hydrogens is 142 g/mol. The molecule has 0 saturated heterocycles. The van der Waals surface area contributed by atoms with Crippen molar-refractivity contribution in [3.63, 3.8) is 0 Å². The van der Waals surface area contributed by atoms with Crippen LogP contribution in [0.1, 0.15) is 20.8 Å². The molecule has 1 rings (SSSR count). The van der Waals surface area contributed by atoms with E-state index in [-0.39, 0.29) is 0 Å². The fourth-order valence-electron chi connectivity index (χ4n) is 1.35. The molecule has 0 aliphatic carbocycles. The van der Waals surface area contributed by atoms with Crippen molar-refractivity contribution in [1.29, 1.82) is 0 Å². The molecule has 0 bridgehead atoms. The van der Waals surface area contributed by atoms with Crippen molar-refractivity contribution >= 4 is 5.71 Å². The monoisotopic (exact) mass is 155 g/mol. The second-order valence-electron chi connectivity index (χ2n) is 3.23. The summed E-state index contributed by atoms with van der Waals surface area (Å²) in [4.78, 5) is 10.1. The molecule has 1 aliphatic heterocycles. The van der Waals surface area contributed by atoms with Crippen LogP contribution in [0.5, 0.6) is 0 Å². The van der Waals surface area contributed by atoms with Crippen molar-refractivity contribution in [2.24, 2.45) is 22.2 Å². The van der Waals surface area contributed by atoms with Gasteiger partial charge in [0.2, 0.25) is 0 Å². The first-order valence-electron chi connectivity index (χ1n) is 3.81. The first-order chi connectivity index (χ1) is 5.15. The maximum atomic E-state index is 10.1. The van der Waals surface area contributed by atoms with Gasteiger partial charge in [-0.15, -0.1) is 10.0 Å². The Morgan fingerprint density at radius 2 is 2.36 bits per heavy atom. The summed E-state index contributed by atoms with van der Waals surface area (Å²) in [7, 11) is 0. The van der Waals surface area contributed by atoms with Gasteiger partial charge in [-0.05, 0) is 12.8 Å². The summed E-state index contributed by atoms with van der Waals surface area (Å²) < 4.78 is 0. The predicted octanol–water partition coefficient (Wildman–Crippen LogP) is 1.63. The van der Waals surface area contributed by atoms with E-state index in [1.165, 1.54) is 5.12 Å². The van der Waals surface area contributed by atoms with Gasteiger partial charge in [-0.2, -0.15) is 5.10 Å². The van der Waals surface area contributed by atoms with Crippen LogP contribution >= 0.6 is 0 Å². The van der Waals surface area contributed by atoms with Crippen molar-refractivity contribution in [1.82, 2.24) is 5.12 Å². The number of hydrazone groups is 1. The SMILES string of the molecule is CC1=NN(N=O)CC1C(C)C. The Hall–Kier alpha value is -0.930. The maximum absolute atomic E-state index is 10.1. The summed E-state index contributed by atoms with van der Waals surface area (Å²) >= 11 is 0. The fraction of sp³-hybridized carbons (Fsp3) is 0.857. The van der Waals surface area contributed by atoms with Crippen molar-refractivity contribution in [3.8, 4) is 0 Å². The van der Waals surface area contributed by atoms with Gasteiger partial charge in [0.1, 0.15) is 0 Å². The molecule has 0 fully saturated rings. The standard InChI is InChI=1S/C7H13N3O/c1-5(2)7-4-10(9-11)8-6(7)3/h5,7H,4H2,1-3H3. The third kappa shape index (κ3) is 1.56. The topological polar surface area (TPSA) is 45.0 Å². The molecule has 1 atom stereocenters. The molecule has 0 aromatic carbocycles. The molecule has 0 aromatic heterocycles. The zero-order valence-electron chi connectivity index (χ0n) is 7.11. The first-order valence-corrected chi connectivity index (χ1v) is 3.81. The van der Waals surface area contributed by atoms with E-state index in [9.17, 15) is 4.91 Å². The second-order valence-corrected chi connectivity index (χ2v) is 3.23. The van der Waals surface area contributed by atoms with Crippen LogP contribution in [0.15, 0.2) is 10.4 Å². The van der Waals surface area contributed by atoms with Crippen LogP contribution in [-0.4, -0.2) is 17.4 Å². The second kappa shape index (κ2) is 2.98. The minimum Gasteiger partial charge on any atom is -0.162 e. The van der Waals surface area contributed by atoms with Crippen LogP contribution in [0.25, 0.3) is 0 Å². The Morgan fingerprint density at radius 1 is 1.73 bits per heavy atom. The highest BCUT2D eigenvalue weighted by Gasteiger charge is 2.26. The van der Waals surface area contributed by atoms with E-state index < -0.39 is 0 Å². The Morgan fingerprint density at radius 3 is 2.64 bits per heavy atom. The summed E-state index contributed by atoms with van der Waals surface area (Å²) in [5.74, 6) is 0.929. The van der Waals surface area contributed by atoms with Crippen LogP contribution in [0.2, 0.25) is 0 Å². The quantitative estimate of drug-likeness (QED) is 0.569. The molecule has 62 valence electrons. The zero-order chi connectivity index (χ0) is 8.43. The maximum Gasteiger partial charge on any atom is 0.0750 e. The van der Waals surface area contributed by atoms with Gasteiger partial charge in [0.05, 0.1) is 11.8 Å². The Bertz CT molecular complexity index is 188. The number of hydrogen-bond acceptors (Lipinski definition) is 3. The summed E-state index contributed by atoms with van der Waals surface area (Å²) in [6.07, 6.45) is 0. The molecule has 11 heavy (non-hydrogen) atoms. The molecular formula is C7H13N3O. The Kier molecular flexibility index (Phi) is 2.22. The normalized spacial score (nSPS) is 24.2. The summed E-state index contributed by atoms with van der Waals surface area (Å²) in [6, 6.07) is 0. The van der Waals surface area contributed by atoms with Gasteiger partial charge in [0.25, 0.3) is 0 Å². The highest BCUT2D eigenvalue weighted by atomic mass is 16.3. The van der Waals surface area contributed by atoms with Crippen LogP contribution in [0.3, 0.4) is 0 Å². The molecule has 1 heterocycles.